The predicted octanol–water partition coefficient (Wildman–Crippen LogP) is 5.71. The Bertz CT molecular complexity index is 2380. The Balaban J connectivity index is 1.13. The number of nitriles is 1. The third-order valence-electron chi connectivity index (χ3n) is 14.8. The third-order valence-corrected chi connectivity index (χ3v) is 14.8. The van der Waals surface area contributed by atoms with Crippen molar-refractivity contribution in [3.8, 4) is 28.6 Å². The van der Waals surface area contributed by atoms with Crippen LogP contribution < -0.4 is 16.1 Å². The zero-order valence-electron chi connectivity index (χ0n) is 35.7. The van der Waals surface area contributed by atoms with E-state index in [4.69, 9.17) is 14.1 Å². The van der Waals surface area contributed by atoms with Crippen LogP contribution in [0.2, 0.25) is 0 Å². The Kier molecular flexibility index (Phi) is 10.1. The van der Waals surface area contributed by atoms with Gasteiger partial charge < -0.3 is 24.4 Å². The number of oxazole rings is 1. The molecular formula is C47H57N9O5. The molecule has 1 unspecified atom stereocenters. The van der Waals surface area contributed by atoms with Crippen molar-refractivity contribution in [1.82, 2.24) is 40.5 Å². The minimum Gasteiger partial charge on any atom is -0.464 e. The zero-order valence-corrected chi connectivity index (χ0v) is 35.7. The molecule has 6 bridgehead atoms. The fourth-order valence-electron chi connectivity index (χ4n) is 11.2. The maximum Gasteiger partial charge on any atom is 0.324 e. The molecule has 3 N–H and O–H groups in total. The van der Waals surface area contributed by atoms with E-state index >= 15 is 0 Å². The van der Waals surface area contributed by atoms with Crippen LogP contribution in [-0.4, -0.2) is 92.6 Å². The van der Waals surface area contributed by atoms with E-state index in [-0.39, 0.29) is 53.7 Å². The van der Waals surface area contributed by atoms with Crippen LogP contribution in [0.1, 0.15) is 96.2 Å². The van der Waals surface area contributed by atoms with Crippen LogP contribution in [0, 0.1) is 40.4 Å². The summed E-state index contributed by atoms with van der Waals surface area (Å²) in [5.74, 6) is -0.332. The first-order chi connectivity index (χ1) is 29.4. The number of hydrogen-bond donors (Lipinski definition) is 3. The standard InChI is InChI=1S/C47H57N9O5/c1-27-28(2)38(27)42(57)52-39-41(54-24-47(25-54)14-7-16-50-47)43-51-36(23-60-43)30-11-13-37-33(19-30)34(20-46(3,4)26-61-45(59)35-9-6-17-55(53-35)44(39)58)40(31-8-5-15-49-22-31)56(37)32-12-10-29(18-32)21-48/h5,8,11,13,15,19,22-23,27-29,32,35,38-39,41,50,53H,6-7,9-10,12,14,16-18,20,24-26H2,1-4H3,(H,52,57)/t27-,28+,29-,32+,35+,38?,39+,41+/m1/s1. The second-order valence-corrected chi connectivity index (χ2v) is 19.7. The van der Waals surface area contributed by atoms with Gasteiger partial charge in [-0.05, 0) is 99.6 Å². The van der Waals surface area contributed by atoms with Gasteiger partial charge in [-0.2, -0.15) is 5.26 Å². The van der Waals surface area contributed by atoms with Gasteiger partial charge in [0.2, 0.25) is 11.8 Å². The van der Waals surface area contributed by atoms with Crippen molar-refractivity contribution < 1.29 is 23.5 Å². The Morgan fingerprint density at radius 2 is 1.90 bits per heavy atom. The van der Waals surface area contributed by atoms with E-state index in [2.05, 4.69) is 88.5 Å². The van der Waals surface area contributed by atoms with Crippen LogP contribution in [0.3, 0.4) is 0 Å². The van der Waals surface area contributed by atoms with Crippen LogP contribution in [0.5, 0.6) is 0 Å². The van der Waals surface area contributed by atoms with E-state index in [9.17, 15) is 19.6 Å². The number of carbonyl (C=O) groups excluding carboxylic acids is 3. The average molecular weight is 828 g/mol. The molecule has 61 heavy (non-hydrogen) atoms. The normalized spacial score (nSPS) is 31.0. The first kappa shape index (κ1) is 40.0. The van der Waals surface area contributed by atoms with Crippen LogP contribution in [0.15, 0.2) is 53.4 Å². The highest BCUT2D eigenvalue weighted by molar-refractivity contribution is 5.95. The van der Waals surface area contributed by atoms with Crippen LogP contribution in [-0.2, 0) is 25.5 Å². The highest BCUT2D eigenvalue weighted by Gasteiger charge is 2.54. The number of fused-ring (bicyclic) bond motifs is 6. The van der Waals surface area contributed by atoms with Crippen molar-refractivity contribution in [3.63, 3.8) is 0 Å². The van der Waals surface area contributed by atoms with Gasteiger partial charge in [0.25, 0.3) is 5.91 Å². The molecule has 7 heterocycles. The van der Waals surface area contributed by atoms with Crippen molar-refractivity contribution in [2.45, 2.75) is 109 Å². The van der Waals surface area contributed by atoms with Crippen LogP contribution in [0.4, 0.5) is 0 Å². The number of ether oxygens (including phenoxy) is 1. The number of benzene rings is 1. The van der Waals surface area contributed by atoms with E-state index in [0.717, 1.165) is 71.9 Å². The highest BCUT2D eigenvalue weighted by atomic mass is 16.5. The number of hydrogen-bond acceptors (Lipinski definition) is 11. The lowest BCUT2D eigenvalue weighted by Gasteiger charge is -2.52. The van der Waals surface area contributed by atoms with Crippen molar-refractivity contribution >= 4 is 28.7 Å². The number of carbonyl (C=O) groups is 3. The monoisotopic (exact) mass is 827 g/mol. The molecular weight excluding hydrogens is 771 g/mol. The number of cyclic esters (lactones) is 1. The lowest BCUT2D eigenvalue weighted by Crippen LogP contribution is -2.70. The molecule has 5 fully saturated rings. The average Bonchev–Trinajstić information content (AvgIpc) is 3.91. The zero-order chi connectivity index (χ0) is 42.2. The fourth-order valence-corrected chi connectivity index (χ4v) is 11.2. The molecule has 4 aliphatic heterocycles. The molecule has 1 spiro atoms. The van der Waals surface area contributed by atoms with E-state index in [1.165, 1.54) is 5.01 Å². The second kappa shape index (κ2) is 15.4. The van der Waals surface area contributed by atoms with Crippen molar-refractivity contribution in [1.29, 1.82) is 5.26 Å². The van der Waals surface area contributed by atoms with E-state index in [1.807, 2.05) is 12.3 Å². The molecule has 3 saturated heterocycles. The molecule has 2 saturated carbocycles. The number of nitrogens with zero attached hydrogens (tertiary/aromatic N) is 6. The van der Waals surface area contributed by atoms with Crippen molar-refractivity contribution in [2.75, 3.05) is 32.8 Å². The smallest absolute Gasteiger partial charge is 0.324 e. The van der Waals surface area contributed by atoms with Gasteiger partial charge in [-0.15, -0.1) is 0 Å². The van der Waals surface area contributed by atoms with Crippen molar-refractivity contribution in [3.05, 3.63) is 60.4 Å². The first-order valence-electron chi connectivity index (χ1n) is 22.4. The topological polar surface area (TPSA) is 171 Å². The Labute approximate surface area is 356 Å². The lowest BCUT2D eigenvalue weighted by molar-refractivity contribution is -0.156. The van der Waals surface area contributed by atoms with Crippen molar-refractivity contribution in [2.24, 2.45) is 29.1 Å². The van der Waals surface area contributed by atoms with E-state index in [1.54, 1.807) is 12.5 Å². The number of amides is 2. The largest absolute Gasteiger partial charge is 0.464 e. The molecule has 2 amide bonds. The summed E-state index contributed by atoms with van der Waals surface area (Å²) >= 11 is 0. The summed E-state index contributed by atoms with van der Waals surface area (Å²) in [4.78, 5) is 55.0. The van der Waals surface area contributed by atoms with Gasteiger partial charge in [-0.1, -0.05) is 33.8 Å². The molecule has 1 aromatic carbocycles. The summed E-state index contributed by atoms with van der Waals surface area (Å²) in [7, 11) is 0. The number of esters is 1. The Morgan fingerprint density at radius 1 is 1.07 bits per heavy atom. The fraction of sp³-hybridized carbons (Fsp3) is 0.574. The third kappa shape index (κ3) is 7.22. The first-order valence-corrected chi connectivity index (χ1v) is 22.4. The molecule has 10 rings (SSSR count). The molecule has 4 aromatic rings. The quantitative estimate of drug-likeness (QED) is 0.211. The summed E-state index contributed by atoms with van der Waals surface area (Å²) in [5, 5.41) is 19.4. The Morgan fingerprint density at radius 3 is 2.62 bits per heavy atom. The molecule has 14 nitrogen and oxygen atoms in total. The number of pyridine rings is 1. The molecule has 3 aromatic heterocycles. The van der Waals surface area contributed by atoms with Gasteiger partial charge in [-0.25, -0.2) is 10.4 Å². The van der Waals surface area contributed by atoms with E-state index in [0.29, 0.717) is 50.5 Å². The summed E-state index contributed by atoms with van der Waals surface area (Å²) in [6.45, 7) is 11.2. The van der Waals surface area contributed by atoms with Gasteiger partial charge in [0.1, 0.15) is 30.1 Å². The lowest BCUT2D eigenvalue weighted by atomic mass is 9.84. The summed E-state index contributed by atoms with van der Waals surface area (Å²) in [5.41, 5.74) is 8.39. The summed E-state index contributed by atoms with van der Waals surface area (Å²) in [6, 6.07) is 10.6. The molecule has 14 heteroatoms. The van der Waals surface area contributed by atoms with Crippen LogP contribution >= 0.6 is 0 Å². The van der Waals surface area contributed by atoms with Crippen LogP contribution in [0.25, 0.3) is 33.4 Å². The van der Waals surface area contributed by atoms with E-state index < -0.39 is 29.5 Å². The minimum atomic E-state index is -1.04. The number of nitrogens with one attached hydrogen (secondary N) is 3. The van der Waals surface area contributed by atoms with Gasteiger partial charge >= 0.3 is 5.97 Å². The molecule has 6 aliphatic rings. The number of hydrazine groups is 1. The van der Waals surface area contributed by atoms with Gasteiger partial charge in [0.15, 0.2) is 0 Å². The number of aromatic nitrogens is 3. The molecule has 320 valence electrons. The van der Waals surface area contributed by atoms with Gasteiger partial charge in [0, 0.05) is 82.9 Å². The van der Waals surface area contributed by atoms with Gasteiger partial charge in [0.05, 0.1) is 18.4 Å². The predicted molar refractivity (Wildman–Crippen MR) is 227 cm³/mol. The molecule has 8 atom stereocenters. The Hall–Kier alpha value is -5.10. The number of likely N-dealkylation sites (tertiary alicyclic amines) is 1. The highest BCUT2D eigenvalue weighted by Crippen LogP contribution is 2.48. The SMILES string of the molecule is C[C@@H]1C(C(=O)N[C@@H]2C(=O)N3CCC[C@H](N3)C(=O)OCC(C)(C)Cc3c(-c4cccnc4)n([C@H]4CC[C@@H](C#N)C4)c4ccc(cc34)-c3coc(n3)[C@H]2N2CC3(CCCN3)C2)[C@@H]1C. The summed E-state index contributed by atoms with van der Waals surface area (Å²) < 4.78 is 15.1. The number of rotatable bonds is 5. The maximum atomic E-state index is 15.0. The van der Waals surface area contributed by atoms with Gasteiger partial charge in [-0.3, -0.25) is 29.3 Å². The second-order valence-electron chi connectivity index (χ2n) is 19.7. The minimum absolute atomic E-state index is 0.0152. The summed E-state index contributed by atoms with van der Waals surface area (Å²) in [6.07, 6.45) is 11.7. The molecule has 0 radical (unpaired) electrons. The maximum absolute atomic E-state index is 15.0. The molecule has 2 aliphatic carbocycles.